The summed E-state index contributed by atoms with van der Waals surface area (Å²) < 4.78 is 1.33. The van der Waals surface area contributed by atoms with Crippen LogP contribution in [0.5, 0.6) is 0 Å². The Hall–Kier alpha value is -2.99. The molecule has 2 aromatic heterocycles. The molecule has 0 saturated carbocycles. The molecule has 0 aliphatic heterocycles. The number of fused-ring (bicyclic) bond motifs is 1. The molecule has 124 valence electrons. The highest BCUT2D eigenvalue weighted by Crippen LogP contribution is 2.26. The molecule has 4 rings (SSSR count). The van der Waals surface area contributed by atoms with E-state index in [1.54, 1.807) is 0 Å². The average Bonchev–Trinajstić information content (AvgIpc) is 3.07. The SMILES string of the molecule is O=c1ccnc2sc(NC(Cc3ccccc3)c3ccccc3)nn12. The first-order valence-electron chi connectivity index (χ1n) is 8.00. The van der Waals surface area contributed by atoms with Gasteiger partial charge in [0.1, 0.15) is 0 Å². The van der Waals surface area contributed by atoms with Gasteiger partial charge in [0.2, 0.25) is 10.1 Å². The number of hydrogen-bond donors (Lipinski definition) is 1. The minimum Gasteiger partial charge on any atom is -0.353 e. The molecular formula is C19H16N4OS. The van der Waals surface area contributed by atoms with Gasteiger partial charge in [0, 0.05) is 12.3 Å². The van der Waals surface area contributed by atoms with Crippen molar-refractivity contribution in [3.05, 3.63) is 94.4 Å². The summed E-state index contributed by atoms with van der Waals surface area (Å²) in [4.78, 5) is 16.7. The standard InChI is InChI=1S/C19H16N4OS/c24-17-11-12-20-19-23(17)22-18(25-19)21-16(15-9-5-2-6-10-15)13-14-7-3-1-4-8-14/h1-12,16H,13H2,(H,21,22). The summed E-state index contributed by atoms with van der Waals surface area (Å²) in [6.45, 7) is 0. The summed E-state index contributed by atoms with van der Waals surface area (Å²) >= 11 is 1.37. The highest BCUT2D eigenvalue weighted by Gasteiger charge is 2.15. The fraction of sp³-hybridized carbons (Fsp3) is 0.105. The number of anilines is 1. The fourth-order valence-corrected chi connectivity index (χ4v) is 3.57. The summed E-state index contributed by atoms with van der Waals surface area (Å²) in [5.74, 6) is 0. The third-order valence-corrected chi connectivity index (χ3v) is 4.81. The number of rotatable bonds is 5. The first-order valence-corrected chi connectivity index (χ1v) is 8.81. The van der Waals surface area contributed by atoms with Crippen LogP contribution in [0.15, 0.2) is 77.7 Å². The third-order valence-electron chi connectivity index (χ3n) is 3.95. The molecule has 1 atom stereocenters. The predicted octanol–water partition coefficient (Wildman–Crippen LogP) is 3.55. The maximum Gasteiger partial charge on any atom is 0.275 e. The minimum absolute atomic E-state index is 0.0554. The number of aromatic nitrogens is 3. The van der Waals surface area contributed by atoms with Gasteiger partial charge in [-0.15, -0.1) is 5.10 Å². The minimum atomic E-state index is -0.173. The van der Waals surface area contributed by atoms with Crippen molar-refractivity contribution in [2.24, 2.45) is 0 Å². The van der Waals surface area contributed by atoms with E-state index in [2.05, 4.69) is 39.7 Å². The summed E-state index contributed by atoms with van der Waals surface area (Å²) in [5.41, 5.74) is 2.24. The molecule has 1 unspecified atom stereocenters. The van der Waals surface area contributed by atoms with Gasteiger partial charge < -0.3 is 5.32 Å². The van der Waals surface area contributed by atoms with Crippen LogP contribution in [0.2, 0.25) is 0 Å². The second kappa shape index (κ2) is 6.86. The van der Waals surface area contributed by atoms with Crippen LogP contribution in [0.3, 0.4) is 0 Å². The molecule has 25 heavy (non-hydrogen) atoms. The average molecular weight is 348 g/mol. The van der Waals surface area contributed by atoms with E-state index in [1.165, 1.54) is 39.2 Å². The van der Waals surface area contributed by atoms with Gasteiger partial charge in [-0.2, -0.15) is 4.52 Å². The lowest BCUT2D eigenvalue weighted by Gasteiger charge is -2.18. The van der Waals surface area contributed by atoms with Crippen LogP contribution in [-0.4, -0.2) is 14.6 Å². The number of benzene rings is 2. The van der Waals surface area contributed by atoms with Crippen molar-refractivity contribution < 1.29 is 0 Å². The van der Waals surface area contributed by atoms with Crippen LogP contribution in [0.25, 0.3) is 4.96 Å². The summed E-state index contributed by atoms with van der Waals surface area (Å²) in [5, 5.41) is 8.52. The quantitative estimate of drug-likeness (QED) is 0.599. The molecule has 2 heterocycles. The Morgan fingerprint density at radius 1 is 1.00 bits per heavy atom. The van der Waals surface area contributed by atoms with Gasteiger partial charge in [-0.1, -0.05) is 72.0 Å². The van der Waals surface area contributed by atoms with Gasteiger partial charge in [0.25, 0.3) is 5.56 Å². The molecule has 0 saturated heterocycles. The van der Waals surface area contributed by atoms with E-state index in [0.29, 0.717) is 10.1 Å². The van der Waals surface area contributed by atoms with Crippen molar-refractivity contribution in [1.29, 1.82) is 0 Å². The van der Waals surface area contributed by atoms with Crippen molar-refractivity contribution in [1.82, 2.24) is 14.6 Å². The van der Waals surface area contributed by atoms with E-state index >= 15 is 0 Å². The van der Waals surface area contributed by atoms with Gasteiger partial charge >= 0.3 is 0 Å². The van der Waals surface area contributed by atoms with Gasteiger partial charge in [-0.25, -0.2) is 4.98 Å². The monoisotopic (exact) mass is 348 g/mol. The third kappa shape index (κ3) is 3.44. The van der Waals surface area contributed by atoms with Gasteiger partial charge in [-0.3, -0.25) is 4.79 Å². The molecule has 0 radical (unpaired) electrons. The van der Waals surface area contributed by atoms with Gasteiger partial charge in [-0.05, 0) is 17.5 Å². The normalized spacial score (nSPS) is 12.2. The Kier molecular flexibility index (Phi) is 4.26. The number of hydrogen-bond acceptors (Lipinski definition) is 5. The zero-order chi connectivity index (χ0) is 17.1. The smallest absolute Gasteiger partial charge is 0.275 e. The highest BCUT2D eigenvalue weighted by molar-refractivity contribution is 7.20. The largest absolute Gasteiger partial charge is 0.353 e. The van der Waals surface area contributed by atoms with Crippen molar-refractivity contribution in [3.8, 4) is 0 Å². The lowest BCUT2D eigenvalue weighted by molar-refractivity contribution is 0.765. The summed E-state index contributed by atoms with van der Waals surface area (Å²) in [6.07, 6.45) is 2.33. The van der Waals surface area contributed by atoms with Crippen LogP contribution in [0.1, 0.15) is 17.2 Å². The first-order chi connectivity index (χ1) is 12.3. The van der Waals surface area contributed by atoms with Crippen LogP contribution in [-0.2, 0) is 6.42 Å². The Morgan fingerprint density at radius 2 is 1.72 bits per heavy atom. The van der Waals surface area contributed by atoms with Crippen molar-refractivity contribution in [2.45, 2.75) is 12.5 Å². The van der Waals surface area contributed by atoms with Crippen molar-refractivity contribution in [2.75, 3.05) is 5.32 Å². The number of nitrogens with one attached hydrogen (secondary N) is 1. The maximum atomic E-state index is 11.9. The molecule has 0 fully saturated rings. The predicted molar refractivity (Wildman–Crippen MR) is 100 cm³/mol. The second-order valence-corrected chi connectivity index (χ2v) is 6.64. The van der Waals surface area contributed by atoms with Crippen LogP contribution in [0.4, 0.5) is 5.13 Å². The lowest BCUT2D eigenvalue weighted by Crippen LogP contribution is -2.15. The molecule has 6 heteroatoms. The molecule has 2 aromatic carbocycles. The van der Waals surface area contributed by atoms with Crippen molar-refractivity contribution >= 4 is 21.4 Å². The highest BCUT2D eigenvalue weighted by atomic mass is 32.1. The zero-order valence-corrected chi connectivity index (χ0v) is 14.2. The van der Waals surface area contributed by atoms with E-state index in [1.807, 2.05) is 36.4 Å². The molecule has 0 bridgehead atoms. The number of nitrogens with zero attached hydrogens (tertiary/aromatic N) is 3. The molecule has 1 N–H and O–H groups in total. The maximum absolute atomic E-state index is 11.9. The Bertz CT molecular complexity index is 1030. The Labute approximate surface area is 148 Å². The molecule has 5 nitrogen and oxygen atoms in total. The zero-order valence-electron chi connectivity index (χ0n) is 13.4. The first kappa shape index (κ1) is 15.5. The molecule has 0 aliphatic carbocycles. The summed E-state index contributed by atoms with van der Waals surface area (Å²) in [6, 6.07) is 22.0. The topological polar surface area (TPSA) is 59.3 Å². The Balaban J connectivity index is 1.67. The van der Waals surface area contributed by atoms with E-state index in [-0.39, 0.29) is 11.6 Å². The lowest BCUT2D eigenvalue weighted by atomic mass is 9.99. The summed E-state index contributed by atoms with van der Waals surface area (Å²) in [7, 11) is 0. The van der Waals surface area contributed by atoms with Gasteiger partial charge in [0.05, 0.1) is 6.04 Å². The fourth-order valence-electron chi connectivity index (χ4n) is 2.74. The second-order valence-electron chi connectivity index (χ2n) is 5.68. The molecular weight excluding hydrogens is 332 g/mol. The van der Waals surface area contributed by atoms with E-state index < -0.39 is 0 Å². The van der Waals surface area contributed by atoms with Crippen LogP contribution in [0, 0.1) is 0 Å². The molecule has 0 amide bonds. The molecule has 0 spiro atoms. The van der Waals surface area contributed by atoms with Gasteiger partial charge in [0.15, 0.2) is 0 Å². The van der Waals surface area contributed by atoms with E-state index in [0.717, 1.165) is 6.42 Å². The molecule has 4 aromatic rings. The van der Waals surface area contributed by atoms with E-state index in [9.17, 15) is 4.79 Å². The van der Waals surface area contributed by atoms with Crippen molar-refractivity contribution in [3.63, 3.8) is 0 Å². The van der Waals surface area contributed by atoms with Crippen LogP contribution < -0.4 is 10.9 Å². The van der Waals surface area contributed by atoms with Crippen LogP contribution >= 0.6 is 11.3 Å². The van der Waals surface area contributed by atoms with E-state index in [4.69, 9.17) is 0 Å². The molecule has 0 aliphatic rings. The Morgan fingerprint density at radius 3 is 2.44 bits per heavy atom.